The van der Waals surface area contributed by atoms with Gasteiger partial charge in [0.2, 0.25) is 0 Å². The van der Waals surface area contributed by atoms with Gasteiger partial charge in [0, 0.05) is 17.7 Å². The first-order chi connectivity index (χ1) is 15.9. The summed E-state index contributed by atoms with van der Waals surface area (Å²) >= 11 is 0. The predicted octanol–water partition coefficient (Wildman–Crippen LogP) is 2.08. The van der Waals surface area contributed by atoms with Crippen LogP contribution < -0.4 is 9.47 Å². The molecule has 0 amide bonds. The van der Waals surface area contributed by atoms with E-state index in [1.54, 1.807) is 30.3 Å². The van der Waals surface area contributed by atoms with Crippen molar-refractivity contribution in [3.63, 3.8) is 0 Å². The largest absolute Gasteiger partial charge is 0.504 e. The molecule has 2 rings (SSSR count). The molecule has 3 N–H and O–H groups in total. The highest BCUT2D eigenvalue weighted by molar-refractivity contribution is 5.87. The van der Waals surface area contributed by atoms with E-state index in [4.69, 9.17) is 18.9 Å². The number of esters is 2. The van der Waals surface area contributed by atoms with Crippen LogP contribution in [-0.4, -0.2) is 60.8 Å². The first-order valence-corrected chi connectivity index (χ1v) is 9.88. The van der Waals surface area contributed by atoms with Crippen LogP contribution >= 0.6 is 0 Å². The van der Waals surface area contributed by atoms with Crippen molar-refractivity contribution in [1.29, 1.82) is 0 Å². The first kappa shape index (κ1) is 25.4. The summed E-state index contributed by atoms with van der Waals surface area (Å²) in [5, 5.41) is 28.8. The van der Waals surface area contributed by atoms with E-state index < -0.39 is 18.0 Å². The molecule has 9 heteroatoms. The Balaban J connectivity index is 1.75. The molecule has 1 unspecified atom stereocenters. The monoisotopic (exact) mass is 458 g/mol. The van der Waals surface area contributed by atoms with Crippen molar-refractivity contribution >= 4 is 24.1 Å². The number of carbonyl (C=O) groups excluding carboxylic acids is 2. The third kappa shape index (κ3) is 8.32. The number of benzene rings is 2. The molecule has 2 aromatic carbocycles. The highest BCUT2D eigenvalue weighted by Crippen LogP contribution is 2.26. The van der Waals surface area contributed by atoms with Gasteiger partial charge in [-0.05, 0) is 41.5 Å². The van der Waals surface area contributed by atoms with Crippen molar-refractivity contribution in [3.8, 4) is 17.2 Å². The van der Waals surface area contributed by atoms with Crippen molar-refractivity contribution in [2.75, 3.05) is 27.4 Å². The number of rotatable bonds is 11. The Hall–Kier alpha value is -3.82. The van der Waals surface area contributed by atoms with Gasteiger partial charge >= 0.3 is 11.9 Å². The number of phenolic OH excluding ortho intramolecular Hbond substituents is 1. The highest BCUT2D eigenvalue weighted by atomic mass is 16.6. The molecule has 2 aromatic rings. The summed E-state index contributed by atoms with van der Waals surface area (Å²) in [5.41, 5.74) is 1.83. The van der Waals surface area contributed by atoms with Crippen molar-refractivity contribution < 1.29 is 43.9 Å². The summed E-state index contributed by atoms with van der Waals surface area (Å²) in [6, 6.07) is 9.64. The fraction of sp³-hybridized carbons (Fsp3) is 0.250. The smallest absolute Gasteiger partial charge is 0.330 e. The molecule has 0 aromatic heterocycles. The molecule has 33 heavy (non-hydrogen) atoms. The minimum atomic E-state index is -1.20. The number of carbonyl (C=O) groups is 2. The van der Waals surface area contributed by atoms with E-state index in [1.165, 1.54) is 38.5 Å². The number of ether oxygens (including phenoxy) is 4. The maximum Gasteiger partial charge on any atom is 0.330 e. The van der Waals surface area contributed by atoms with Gasteiger partial charge in [0.05, 0.1) is 20.8 Å². The number of hydrogen-bond donors (Lipinski definition) is 3. The number of aliphatic hydroxyl groups excluding tert-OH is 2. The molecule has 0 aliphatic rings. The maximum atomic E-state index is 11.8. The fourth-order valence-electron chi connectivity index (χ4n) is 2.64. The second-order valence-electron chi connectivity index (χ2n) is 6.74. The molecule has 176 valence electrons. The minimum Gasteiger partial charge on any atom is -0.504 e. The molecule has 0 saturated heterocycles. The van der Waals surface area contributed by atoms with Crippen LogP contribution in [0.4, 0.5) is 0 Å². The SMILES string of the molecule is COc1ccc(C=CC(=O)OCC(O)COC(=O)C=Cc2ccc(CO)c(OC)c2)cc1O. The van der Waals surface area contributed by atoms with Crippen LogP contribution in [0, 0.1) is 0 Å². The molecule has 0 aliphatic carbocycles. The lowest BCUT2D eigenvalue weighted by atomic mass is 10.1. The summed E-state index contributed by atoms with van der Waals surface area (Å²) in [5.74, 6) is -0.675. The van der Waals surface area contributed by atoms with Gasteiger partial charge in [0.15, 0.2) is 11.5 Å². The van der Waals surface area contributed by atoms with Crippen LogP contribution in [0.3, 0.4) is 0 Å². The lowest BCUT2D eigenvalue weighted by Gasteiger charge is -2.10. The van der Waals surface area contributed by atoms with Crippen molar-refractivity contribution in [2.24, 2.45) is 0 Å². The van der Waals surface area contributed by atoms with Crippen molar-refractivity contribution in [1.82, 2.24) is 0 Å². The maximum absolute atomic E-state index is 11.8. The number of aliphatic hydroxyl groups is 2. The number of aromatic hydroxyl groups is 1. The van der Waals surface area contributed by atoms with Crippen molar-refractivity contribution in [2.45, 2.75) is 12.7 Å². The standard InChI is InChI=1S/C24H26O9/c1-30-21-8-4-16(11-20(21)27)5-9-23(28)32-14-19(26)15-33-24(29)10-6-17-3-7-18(13-25)22(12-17)31-2/h3-12,19,25-27H,13-15H2,1-2H3. The van der Waals surface area contributed by atoms with Gasteiger partial charge in [0.1, 0.15) is 25.1 Å². The molecule has 0 radical (unpaired) electrons. The highest BCUT2D eigenvalue weighted by Gasteiger charge is 2.10. The van der Waals surface area contributed by atoms with Gasteiger partial charge < -0.3 is 34.3 Å². The van der Waals surface area contributed by atoms with E-state index in [-0.39, 0.29) is 25.6 Å². The van der Waals surface area contributed by atoms with E-state index >= 15 is 0 Å². The lowest BCUT2D eigenvalue weighted by molar-refractivity contribution is -0.146. The molecule has 0 heterocycles. The zero-order valence-corrected chi connectivity index (χ0v) is 18.3. The van der Waals surface area contributed by atoms with Gasteiger partial charge in [-0.15, -0.1) is 0 Å². The third-order valence-electron chi connectivity index (χ3n) is 4.34. The van der Waals surface area contributed by atoms with Gasteiger partial charge in [-0.2, -0.15) is 0 Å². The Morgan fingerprint density at radius 1 is 0.879 bits per heavy atom. The first-order valence-electron chi connectivity index (χ1n) is 9.88. The molecule has 1 atom stereocenters. The topological polar surface area (TPSA) is 132 Å². The van der Waals surface area contributed by atoms with E-state index in [1.807, 2.05) is 0 Å². The zero-order chi connectivity index (χ0) is 24.2. The molecule has 9 nitrogen and oxygen atoms in total. The molecule has 0 bridgehead atoms. The molecular weight excluding hydrogens is 432 g/mol. The van der Waals surface area contributed by atoms with E-state index in [0.717, 1.165) is 6.08 Å². The van der Waals surface area contributed by atoms with Crippen molar-refractivity contribution in [3.05, 3.63) is 65.2 Å². The third-order valence-corrected chi connectivity index (χ3v) is 4.34. The van der Waals surface area contributed by atoms with E-state index in [2.05, 4.69) is 0 Å². The molecule has 0 saturated carbocycles. The lowest BCUT2D eigenvalue weighted by Crippen LogP contribution is -2.24. The van der Waals surface area contributed by atoms with Crippen LogP contribution in [0.15, 0.2) is 48.6 Å². The summed E-state index contributed by atoms with van der Waals surface area (Å²) in [6.45, 7) is -0.897. The normalized spacial score (nSPS) is 12.0. The average molecular weight is 458 g/mol. The number of hydrogen-bond acceptors (Lipinski definition) is 9. The Bertz CT molecular complexity index is 1010. The Labute approximate surface area is 191 Å². The number of methoxy groups -OCH3 is 2. The van der Waals surface area contributed by atoms with E-state index in [0.29, 0.717) is 28.2 Å². The summed E-state index contributed by atoms with van der Waals surface area (Å²) in [4.78, 5) is 23.6. The summed E-state index contributed by atoms with van der Waals surface area (Å²) < 4.78 is 19.9. The average Bonchev–Trinajstić information content (AvgIpc) is 2.83. The minimum absolute atomic E-state index is 0.0689. The van der Waals surface area contributed by atoms with Gasteiger partial charge in [0.25, 0.3) is 0 Å². The summed E-state index contributed by atoms with van der Waals surface area (Å²) in [7, 11) is 2.90. The number of phenols is 1. The quantitative estimate of drug-likeness (QED) is 0.342. The Kier molecular flexibility index (Phi) is 9.94. The Morgan fingerprint density at radius 2 is 1.42 bits per heavy atom. The molecule has 0 spiro atoms. The van der Waals surface area contributed by atoms with Gasteiger partial charge in [-0.3, -0.25) is 0 Å². The van der Waals surface area contributed by atoms with Gasteiger partial charge in [-0.1, -0.05) is 18.2 Å². The molecular formula is C24H26O9. The second-order valence-corrected chi connectivity index (χ2v) is 6.74. The summed E-state index contributed by atoms with van der Waals surface area (Å²) in [6.07, 6.45) is 4.05. The van der Waals surface area contributed by atoms with Gasteiger partial charge in [-0.25, -0.2) is 9.59 Å². The van der Waals surface area contributed by atoms with E-state index in [9.17, 15) is 24.9 Å². The fourth-order valence-corrected chi connectivity index (χ4v) is 2.64. The second kappa shape index (κ2) is 12.9. The van der Waals surface area contributed by atoms with Crippen LogP contribution in [0.1, 0.15) is 16.7 Å². The van der Waals surface area contributed by atoms with Crippen LogP contribution in [-0.2, 0) is 25.7 Å². The van der Waals surface area contributed by atoms with Crippen LogP contribution in [0.25, 0.3) is 12.2 Å². The van der Waals surface area contributed by atoms with Crippen LogP contribution in [0.2, 0.25) is 0 Å². The molecule has 0 aliphatic heterocycles. The predicted molar refractivity (Wildman–Crippen MR) is 120 cm³/mol. The zero-order valence-electron chi connectivity index (χ0n) is 18.3. The van der Waals surface area contributed by atoms with Crippen LogP contribution in [0.5, 0.6) is 17.2 Å². The molecule has 0 fully saturated rings. The Morgan fingerprint density at radius 3 is 1.94 bits per heavy atom.